The van der Waals surface area contributed by atoms with E-state index in [2.05, 4.69) is 18.8 Å². The van der Waals surface area contributed by atoms with Crippen LogP contribution in [0.4, 0.5) is 0 Å². The Kier molecular flexibility index (Phi) is 6.51. The lowest BCUT2D eigenvalue weighted by Gasteiger charge is -2.25. The minimum atomic E-state index is -1.61. The predicted octanol–water partition coefficient (Wildman–Crippen LogP) is 3.23. The summed E-state index contributed by atoms with van der Waals surface area (Å²) in [5, 5.41) is 19.7. The fourth-order valence-corrected chi connectivity index (χ4v) is 2.52. The molecule has 0 amide bonds. The monoisotopic (exact) mass is 282 g/mol. The van der Waals surface area contributed by atoms with E-state index in [-0.39, 0.29) is 17.6 Å². The van der Waals surface area contributed by atoms with Gasteiger partial charge in [0.15, 0.2) is 5.79 Å². The summed E-state index contributed by atoms with van der Waals surface area (Å²) < 4.78 is 5.98. The lowest BCUT2D eigenvalue weighted by Crippen LogP contribution is -2.32. The van der Waals surface area contributed by atoms with Gasteiger partial charge in [0.1, 0.15) is 6.10 Å². The van der Waals surface area contributed by atoms with Gasteiger partial charge in [0.25, 0.3) is 0 Å². The van der Waals surface area contributed by atoms with Gasteiger partial charge in [-0.1, -0.05) is 31.6 Å². The maximum absolute atomic E-state index is 9.83. The molecule has 1 aliphatic carbocycles. The Labute approximate surface area is 123 Å². The van der Waals surface area contributed by atoms with Gasteiger partial charge in [-0.25, -0.2) is 0 Å². The Hall–Kier alpha value is -0.560. The van der Waals surface area contributed by atoms with Gasteiger partial charge in [-0.2, -0.15) is 0 Å². The molecule has 2 atom stereocenters. The number of aliphatic hydroxyl groups is 2. The molecule has 0 aromatic rings. The smallest absolute Gasteiger partial charge is 0.176 e. The molecule has 0 spiro atoms. The van der Waals surface area contributed by atoms with E-state index in [4.69, 9.17) is 4.74 Å². The van der Waals surface area contributed by atoms with Crippen LogP contribution in [0.3, 0.4) is 0 Å². The van der Waals surface area contributed by atoms with Crippen LogP contribution in [0, 0.1) is 17.8 Å². The SMILES string of the molecule is CCCCCC(C#C[C@@H]1CCCC1(O)O)OC(C)(C)C. The molecule has 3 nitrogen and oxygen atoms in total. The zero-order chi connectivity index (χ0) is 15.2. The average Bonchev–Trinajstić information content (AvgIpc) is 2.63. The first-order chi connectivity index (χ1) is 9.24. The zero-order valence-corrected chi connectivity index (χ0v) is 13.4. The van der Waals surface area contributed by atoms with Gasteiger partial charge in [0, 0.05) is 6.42 Å². The predicted molar refractivity (Wildman–Crippen MR) is 81.1 cm³/mol. The van der Waals surface area contributed by atoms with Crippen molar-refractivity contribution in [2.24, 2.45) is 5.92 Å². The van der Waals surface area contributed by atoms with Crippen molar-refractivity contribution in [2.45, 2.75) is 90.1 Å². The Morgan fingerprint density at radius 3 is 2.50 bits per heavy atom. The third kappa shape index (κ3) is 6.26. The van der Waals surface area contributed by atoms with Gasteiger partial charge in [0.05, 0.1) is 11.5 Å². The van der Waals surface area contributed by atoms with Crippen LogP contribution < -0.4 is 0 Å². The molecule has 0 heterocycles. The summed E-state index contributed by atoms with van der Waals surface area (Å²) in [7, 11) is 0. The van der Waals surface area contributed by atoms with E-state index in [0.29, 0.717) is 6.42 Å². The quantitative estimate of drug-likeness (QED) is 0.462. The van der Waals surface area contributed by atoms with Crippen molar-refractivity contribution < 1.29 is 14.9 Å². The zero-order valence-electron chi connectivity index (χ0n) is 13.4. The van der Waals surface area contributed by atoms with Gasteiger partial charge >= 0.3 is 0 Å². The van der Waals surface area contributed by atoms with Crippen LogP contribution in [-0.2, 0) is 4.74 Å². The standard InChI is InChI=1S/C17H30O3/c1-5-6-7-10-15(20-16(2,3)4)12-11-14-9-8-13-17(14,18)19/h14-15,18-19H,5-10,13H2,1-4H3/t14-,15?/m0/s1. The molecule has 1 aliphatic rings. The van der Waals surface area contributed by atoms with Gasteiger partial charge in [0.2, 0.25) is 0 Å². The van der Waals surface area contributed by atoms with Gasteiger partial charge in [-0.3, -0.25) is 0 Å². The van der Waals surface area contributed by atoms with Crippen LogP contribution in [0.25, 0.3) is 0 Å². The Morgan fingerprint density at radius 1 is 1.30 bits per heavy atom. The first kappa shape index (κ1) is 17.5. The number of hydrogen-bond acceptors (Lipinski definition) is 3. The molecular formula is C17H30O3. The van der Waals surface area contributed by atoms with Crippen LogP contribution in [-0.4, -0.2) is 27.7 Å². The van der Waals surface area contributed by atoms with Crippen LogP contribution in [0.5, 0.6) is 0 Å². The van der Waals surface area contributed by atoms with Crippen molar-refractivity contribution in [1.29, 1.82) is 0 Å². The summed E-state index contributed by atoms with van der Waals surface area (Å²) in [5.41, 5.74) is -0.225. The minimum Gasteiger partial charge on any atom is -0.365 e. The van der Waals surface area contributed by atoms with E-state index < -0.39 is 5.79 Å². The molecule has 0 saturated heterocycles. The molecule has 3 heteroatoms. The molecule has 1 fully saturated rings. The van der Waals surface area contributed by atoms with Gasteiger partial charge in [-0.05, 0) is 46.5 Å². The fraction of sp³-hybridized carbons (Fsp3) is 0.882. The van der Waals surface area contributed by atoms with Crippen molar-refractivity contribution in [1.82, 2.24) is 0 Å². The summed E-state index contributed by atoms with van der Waals surface area (Å²) >= 11 is 0. The highest BCUT2D eigenvalue weighted by molar-refractivity contribution is 5.13. The molecule has 0 aromatic heterocycles. The average molecular weight is 282 g/mol. The maximum Gasteiger partial charge on any atom is 0.176 e. The molecule has 1 rings (SSSR count). The Bertz CT molecular complexity index is 343. The van der Waals surface area contributed by atoms with Crippen LogP contribution >= 0.6 is 0 Å². The van der Waals surface area contributed by atoms with Gasteiger partial charge < -0.3 is 14.9 Å². The number of hydrogen-bond donors (Lipinski definition) is 2. The second-order valence-electron chi connectivity index (χ2n) is 6.83. The highest BCUT2D eigenvalue weighted by atomic mass is 16.5. The minimum absolute atomic E-state index is 0.113. The Balaban J connectivity index is 2.64. The van der Waals surface area contributed by atoms with E-state index in [9.17, 15) is 10.2 Å². The maximum atomic E-state index is 9.83. The molecule has 1 saturated carbocycles. The second kappa shape index (κ2) is 7.45. The number of rotatable bonds is 5. The summed E-state index contributed by atoms with van der Waals surface area (Å²) in [6.45, 7) is 8.26. The lowest BCUT2D eigenvalue weighted by atomic mass is 10.0. The lowest BCUT2D eigenvalue weighted by molar-refractivity contribution is -0.171. The van der Waals surface area contributed by atoms with Crippen LogP contribution in [0.15, 0.2) is 0 Å². The van der Waals surface area contributed by atoms with Crippen molar-refractivity contribution in [3.05, 3.63) is 0 Å². The second-order valence-corrected chi connectivity index (χ2v) is 6.83. The van der Waals surface area contributed by atoms with E-state index >= 15 is 0 Å². The van der Waals surface area contributed by atoms with E-state index in [1.807, 2.05) is 20.8 Å². The van der Waals surface area contributed by atoms with Crippen LogP contribution in [0.1, 0.15) is 72.6 Å². The number of unbranched alkanes of at least 4 members (excludes halogenated alkanes) is 2. The van der Waals surface area contributed by atoms with Crippen LogP contribution in [0.2, 0.25) is 0 Å². The molecule has 0 bridgehead atoms. The first-order valence-corrected chi connectivity index (χ1v) is 7.88. The highest BCUT2D eigenvalue weighted by Crippen LogP contribution is 2.32. The van der Waals surface area contributed by atoms with Gasteiger partial charge in [-0.15, -0.1) is 0 Å². The fourth-order valence-electron chi connectivity index (χ4n) is 2.52. The summed E-state index contributed by atoms with van der Waals surface area (Å²) in [6, 6.07) is 0. The van der Waals surface area contributed by atoms with Crippen molar-refractivity contribution in [3.63, 3.8) is 0 Å². The van der Waals surface area contributed by atoms with E-state index in [1.54, 1.807) is 0 Å². The highest BCUT2D eigenvalue weighted by Gasteiger charge is 2.38. The van der Waals surface area contributed by atoms with E-state index in [1.165, 1.54) is 12.8 Å². The third-order valence-electron chi connectivity index (χ3n) is 3.58. The summed E-state index contributed by atoms with van der Waals surface area (Å²) in [4.78, 5) is 0. The topological polar surface area (TPSA) is 49.7 Å². The summed E-state index contributed by atoms with van der Waals surface area (Å²) in [5.74, 6) is 4.24. The molecule has 1 unspecified atom stereocenters. The van der Waals surface area contributed by atoms with Crippen molar-refractivity contribution in [3.8, 4) is 11.8 Å². The summed E-state index contributed by atoms with van der Waals surface area (Å²) in [6.07, 6.45) is 6.26. The van der Waals surface area contributed by atoms with E-state index in [0.717, 1.165) is 25.7 Å². The molecule has 0 radical (unpaired) electrons. The van der Waals surface area contributed by atoms with Crippen molar-refractivity contribution >= 4 is 0 Å². The largest absolute Gasteiger partial charge is 0.365 e. The molecule has 0 aromatic carbocycles. The molecular weight excluding hydrogens is 252 g/mol. The first-order valence-electron chi connectivity index (χ1n) is 7.88. The molecule has 20 heavy (non-hydrogen) atoms. The Morgan fingerprint density at radius 2 is 2.00 bits per heavy atom. The number of ether oxygens (including phenoxy) is 1. The molecule has 2 N–H and O–H groups in total. The normalized spacial score (nSPS) is 23.2. The molecule has 0 aliphatic heterocycles. The molecule has 116 valence electrons. The third-order valence-corrected chi connectivity index (χ3v) is 3.58. The van der Waals surface area contributed by atoms with Crippen molar-refractivity contribution in [2.75, 3.05) is 0 Å².